The quantitative estimate of drug-likeness (QED) is 0.790. The van der Waals surface area contributed by atoms with Gasteiger partial charge in [0.2, 0.25) is 5.91 Å². The van der Waals surface area contributed by atoms with Crippen LogP contribution < -0.4 is 4.74 Å². The summed E-state index contributed by atoms with van der Waals surface area (Å²) >= 11 is 4.80. The Balaban J connectivity index is 2.18. The molecular weight excluding hydrogens is 371 g/mol. The average molecular weight is 384 g/mol. The number of amides is 1. The number of alkyl halides is 3. The lowest BCUT2D eigenvalue weighted by molar-refractivity contribution is -0.161. The predicted molar refractivity (Wildman–Crippen MR) is 78.3 cm³/mol. The molecule has 1 amide bonds. The van der Waals surface area contributed by atoms with Crippen LogP contribution in [0.3, 0.4) is 0 Å². The Hall–Kier alpha value is -0.890. The minimum absolute atomic E-state index is 0.327. The number of carbonyl (C=O) groups excluding carboxylic acids is 1. The van der Waals surface area contributed by atoms with Crippen molar-refractivity contribution in [2.45, 2.75) is 18.0 Å². The van der Waals surface area contributed by atoms with E-state index in [1.165, 1.54) is 23.8 Å². The molecule has 3 nitrogen and oxygen atoms in total. The molecule has 1 aliphatic rings. The van der Waals surface area contributed by atoms with Crippen molar-refractivity contribution in [1.29, 1.82) is 0 Å². The number of methoxy groups -OCH3 is 1. The molecule has 0 aliphatic carbocycles. The second-order valence-electron chi connectivity index (χ2n) is 4.50. The van der Waals surface area contributed by atoms with E-state index < -0.39 is 18.5 Å². The summed E-state index contributed by atoms with van der Waals surface area (Å²) in [4.78, 5) is 13.1. The molecule has 0 spiro atoms. The highest BCUT2D eigenvalue weighted by atomic mass is 79.9. The van der Waals surface area contributed by atoms with Crippen molar-refractivity contribution in [3.63, 3.8) is 0 Å². The van der Waals surface area contributed by atoms with Crippen LogP contribution >= 0.6 is 27.7 Å². The Morgan fingerprint density at radius 3 is 2.81 bits per heavy atom. The van der Waals surface area contributed by atoms with Gasteiger partial charge in [-0.05, 0) is 33.6 Å². The van der Waals surface area contributed by atoms with Crippen molar-refractivity contribution >= 4 is 33.6 Å². The maximum Gasteiger partial charge on any atom is 0.397 e. The molecule has 0 saturated carbocycles. The molecule has 1 fully saturated rings. The summed E-state index contributed by atoms with van der Waals surface area (Å²) in [6.45, 7) is 0.327. The third-order valence-corrected chi connectivity index (χ3v) is 4.90. The van der Waals surface area contributed by atoms with E-state index in [0.717, 1.165) is 5.56 Å². The zero-order valence-corrected chi connectivity index (χ0v) is 13.5. The molecule has 2 rings (SSSR count). The Morgan fingerprint density at radius 1 is 1.52 bits per heavy atom. The van der Waals surface area contributed by atoms with Crippen LogP contribution in [0.2, 0.25) is 0 Å². The van der Waals surface area contributed by atoms with Crippen LogP contribution in [-0.4, -0.2) is 36.4 Å². The van der Waals surface area contributed by atoms with Crippen LogP contribution in [0.15, 0.2) is 22.7 Å². The number of halogens is 4. The fourth-order valence-electron chi connectivity index (χ4n) is 2.11. The lowest BCUT2D eigenvalue weighted by atomic mass is 10.2. The molecule has 8 heteroatoms. The van der Waals surface area contributed by atoms with Crippen molar-refractivity contribution in [2.75, 3.05) is 19.4 Å². The van der Waals surface area contributed by atoms with Crippen LogP contribution in [0.1, 0.15) is 17.4 Å². The normalized spacial score (nSPS) is 18.9. The Labute approximate surface area is 133 Å². The van der Waals surface area contributed by atoms with Gasteiger partial charge in [0, 0.05) is 12.3 Å². The summed E-state index contributed by atoms with van der Waals surface area (Å²) < 4.78 is 42.9. The fourth-order valence-corrected chi connectivity index (χ4v) is 3.94. The minimum atomic E-state index is -4.48. The molecule has 1 aromatic carbocycles. The number of benzene rings is 1. The number of ether oxygens (including phenoxy) is 1. The summed E-state index contributed by atoms with van der Waals surface area (Å²) in [6, 6.07) is 5.26. The van der Waals surface area contributed by atoms with Gasteiger partial charge < -0.3 is 9.64 Å². The van der Waals surface area contributed by atoms with Gasteiger partial charge in [0.15, 0.2) is 0 Å². The highest BCUT2D eigenvalue weighted by molar-refractivity contribution is 9.10. The molecule has 1 unspecified atom stereocenters. The molecule has 1 saturated heterocycles. The van der Waals surface area contributed by atoms with Crippen LogP contribution in [0.5, 0.6) is 5.75 Å². The molecule has 116 valence electrons. The molecule has 1 aromatic rings. The Bertz CT molecular complexity index is 539. The van der Waals surface area contributed by atoms with E-state index in [9.17, 15) is 18.0 Å². The summed E-state index contributed by atoms with van der Waals surface area (Å²) in [6.07, 6.45) is -5.89. The van der Waals surface area contributed by atoms with E-state index in [4.69, 9.17) is 4.74 Å². The van der Waals surface area contributed by atoms with E-state index in [2.05, 4.69) is 15.9 Å². The van der Waals surface area contributed by atoms with E-state index >= 15 is 0 Å². The van der Waals surface area contributed by atoms with Gasteiger partial charge in [-0.1, -0.05) is 6.07 Å². The summed E-state index contributed by atoms with van der Waals surface area (Å²) in [7, 11) is 1.53. The fraction of sp³-hybridized carbons (Fsp3) is 0.462. The van der Waals surface area contributed by atoms with Gasteiger partial charge in [0.1, 0.15) is 17.5 Å². The van der Waals surface area contributed by atoms with Gasteiger partial charge in [0.25, 0.3) is 0 Å². The molecule has 0 radical (unpaired) electrons. The number of hydrogen-bond acceptors (Lipinski definition) is 3. The van der Waals surface area contributed by atoms with Gasteiger partial charge in [-0.3, -0.25) is 4.79 Å². The van der Waals surface area contributed by atoms with Gasteiger partial charge in [-0.2, -0.15) is 13.2 Å². The first kappa shape index (κ1) is 16.5. The van der Waals surface area contributed by atoms with E-state index in [1.54, 1.807) is 18.2 Å². The number of rotatable bonds is 3. The monoisotopic (exact) mass is 383 g/mol. The number of hydrogen-bond donors (Lipinski definition) is 0. The van der Waals surface area contributed by atoms with Crippen molar-refractivity contribution in [2.24, 2.45) is 0 Å². The smallest absolute Gasteiger partial charge is 0.397 e. The Kier molecular flexibility index (Phi) is 5.08. The van der Waals surface area contributed by atoms with Gasteiger partial charge in [0.05, 0.1) is 11.6 Å². The van der Waals surface area contributed by atoms with Crippen LogP contribution in [0, 0.1) is 0 Å². The van der Waals surface area contributed by atoms with E-state index in [0.29, 0.717) is 22.5 Å². The largest absolute Gasteiger partial charge is 0.496 e. The first-order valence-corrected chi connectivity index (χ1v) is 7.97. The maximum absolute atomic E-state index is 12.4. The second-order valence-corrected chi connectivity index (χ2v) is 6.54. The lowest BCUT2D eigenvalue weighted by Crippen LogP contribution is -2.33. The zero-order valence-electron chi connectivity index (χ0n) is 11.1. The average Bonchev–Trinajstić information content (AvgIpc) is 2.85. The number of nitrogens with zero attached hydrogens (tertiary/aromatic N) is 1. The molecule has 0 N–H and O–H groups in total. The maximum atomic E-state index is 12.4. The highest BCUT2D eigenvalue weighted by Crippen LogP contribution is 2.41. The molecular formula is C13H13BrF3NO2S. The number of carbonyl (C=O) groups is 1. The molecule has 1 aliphatic heterocycles. The van der Waals surface area contributed by atoms with Crippen molar-refractivity contribution in [1.82, 2.24) is 4.90 Å². The van der Waals surface area contributed by atoms with Crippen molar-refractivity contribution in [3.8, 4) is 5.75 Å². The minimum Gasteiger partial charge on any atom is -0.496 e. The third-order valence-electron chi connectivity index (χ3n) is 3.02. The SMILES string of the molecule is COc1ccc(C2SCCN2C(=O)CC(F)(F)F)cc1Br. The predicted octanol–water partition coefficient (Wildman–Crippen LogP) is 3.98. The molecule has 1 atom stereocenters. The summed E-state index contributed by atoms with van der Waals surface area (Å²) in [5, 5.41) is -0.387. The summed E-state index contributed by atoms with van der Waals surface area (Å²) in [5.74, 6) is 0.372. The summed E-state index contributed by atoms with van der Waals surface area (Å²) in [5.41, 5.74) is 0.778. The van der Waals surface area contributed by atoms with Crippen molar-refractivity contribution in [3.05, 3.63) is 28.2 Å². The standard InChI is InChI=1S/C13H13BrF3NO2S/c1-20-10-3-2-8(6-9(10)14)12-18(4-5-21-12)11(19)7-13(15,16)17/h2-3,6,12H,4-5,7H2,1H3. The molecule has 21 heavy (non-hydrogen) atoms. The third kappa shape index (κ3) is 4.06. The molecule has 0 bridgehead atoms. The van der Waals surface area contributed by atoms with Gasteiger partial charge in [-0.15, -0.1) is 11.8 Å². The zero-order chi connectivity index (χ0) is 15.6. The van der Waals surface area contributed by atoms with Crippen LogP contribution in [-0.2, 0) is 4.79 Å². The van der Waals surface area contributed by atoms with E-state index in [1.807, 2.05) is 0 Å². The highest BCUT2D eigenvalue weighted by Gasteiger charge is 2.38. The first-order valence-electron chi connectivity index (χ1n) is 6.13. The Morgan fingerprint density at radius 2 is 2.24 bits per heavy atom. The van der Waals surface area contributed by atoms with Gasteiger partial charge >= 0.3 is 6.18 Å². The van der Waals surface area contributed by atoms with E-state index in [-0.39, 0.29) is 5.37 Å². The van der Waals surface area contributed by atoms with Crippen LogP contribution in [0.25, 0.3) is 0 Å². The van der Waals surface area contributed by atoms with Crippen molar-refractivity contribution < 1.29 is 22.7 Å². The molecule has 0 aromatic heterocycles. The first-order chi connectivity index (χ1) is 9.81. The lowest BCUT2D eigenvalue weighted by Gasteiger charge is -2.25. The second kappa shape index (κ2) is 6.48. The molecule has 1 heterocycles. The van der Waals surface area contributed by atoms with Gasteiger partial charge in [-0.25, -0.2) is 0 Å². The van der Waals surface area contributed by atoms with Crippen LogP contribution in [0.4, 0.5) is 13.2 Å². The topological polar surface area (TPSA) is 29.5 Å². The number of thioether (sulfide) groups is 1.